The Kier molecular flexibility index (Phi) is 3.28. The van der Waals surface area contributed by atoms with E-state index in [0.29, 0.717) is 6.42 Å². The minimum absolute atomic E-state index is 0.381. The van der Waals surface area contributed by atoms with E-state index < -0.39 is 11.7 Å². The maximum atomic E-state index is 9.82. The van der Waals surface area contributed by atoms with E-state index in [-0.39, 0.29) is 0 Å². The summed E-state index contributed by atoms with van der Waals surface area (Å²) in [5, 5.41) is 19.6. The zero-order chi connectivity index (χ0) is 11.4. The highest BCUT2D eigenvalue weighted by Crippen LogP contribution is 2.30. The van der Waals surface area contributed by atoms with E-state index >= 15 is 0 Å². The maximum absolute atomic E-state index is 9.82. The van der Waals surface area contributed by atoms with Crippen LogP contribution in [0.15, 0.2) is 30.3 Å². The summed E-state index contributed by atoms with van der Waals surface area (Å²) in [7, 11) is 0. The minimum Gasteiger partial charge on any atom is -0.387 e. The normalized spacial score (nSPS) is 19.1. The number of hydrogen-bond donors (Lipinski definition) is 2. The highest BCUT2D eigenvalue weighted by molar-refractivity contribution is 5.22. The Hall–Kier alpha value is -1.30. The van der Waals surface area contributed by atoms with Crippen molar-refractivity contribution in [3.05, 3.63) is 35.9 Å². The van der Waals surface area contributed by atoms with Gasteiger partial charge in [0.05, 0.1) is 6.10 Å². The number of aliphatic hydroxyl groups is 2. The average Bonchev–Trinajstić information content (AvgIpc) is 2.28. The molecule has 1 fully saturated rings. The Morgan fingerprint density at radius 3 is 2.50 bits per heavy atom. The molecule has 0 spiro atoms. The molecule has 2 heteroatoms. The van der Waals surface area contributed by atoms with Gasteiger partial charge in [0.25, 0.3) is 0 Å². The van der Waals surface area contributed by atoms with Crippen LogP contribution in [0.25, 0.3) is 0 Å². The largest absolute Gasteiger partial charge is 0.387 e. The highest BCUT2D eigenvalue weighted by atomic mass is 16.3. The lowest BCUT2D eigenvalue weighted by atomic mass is 9.81. The van der Waals surface area contributed by atoms with Crippen LogP contribution in [0.3, 0.4) is 0 Å². The summed E-state index contributed by atoms with van der Waals surface area (Å²) >= 11 is 0. The Bertz CT molecular complexity index is 396. The van der Waals surface area contributed by atoms with Crippen molar-refractivity contribution in [2.45, 2.75) is 37.4 Å². The Morgan fingerprint density at radius 2 is 1.94 bits per heavy atom. The van der Waals surface area contributed by atoms with Gasteiger partial charge in [0.15, 0.2) is 0 Å². The molecule has 2 nitrogen and oxygen atoms in total. The smallest absolute Gasteiger partial charge is 0.125 e. The van der Waals surface area contributed by atoms with Gasteiger partial charge in [-0.1, -0.05) is 42.2 Å². The van der Waals surface area contributed by atoms with E-state index in [9.17, 15) is 10.2 Å². The predicted octanol–water partition coefficient (Wildman–Crippen LogP) is 2.03. The summed E-state index contributed by atoms with van der Waals surface area (Å²) < 4.78 is 0. The molecule has 2 rings (SSSR count). The van der Waals surface area contributed by atoms with Gasteiger partial charge in [-0.15, -0.1) is 0 Å². The van der Waals surface area contributed by atoms with Gasteiger partial charge in [0.2, 0.25) is 0 Å². The second-order valence-electron chi connectivity index (χ2n) is 4.32. The summed E-state index contributed by atoms with van der Waals surface area (Å²) in [6.07, 6.45) is 2.40. The average molecular weight is 216 g/mol. The van der Waals surface area contributed by atoms with Crippen molar-refractivity contribution in [1.82, 2.24) is 0 Å². The van der Waals surface area contributed by atoms with Gasteiger partial charge in [-0.05, 0) is 24.8 Å². The summed E-state index contributed by atoms with van der Waals surface area (Å²) in [5.74, 6) is 5.72. The molecule has 0 radical (unpaired) electrons. The van der Waals surface area contributed by atoms with Crippen molar-refractivity contribution < 1.29 is 10.2 Å². The van der Waals surface area contributed by atoms with Gasteiger partial charge in [-0.3, -0.25) is 0 Å². The lowest BCUT2D eigenvalue weighted by Gasteiger charge is -2.31. The monoisotopic (exact) mass is 216 g/mol. The molecule has 0 aliphatic heterocycles. The van der Waals surface area contributed by atoms with E-state index in [1.807, 2.05) is 30.3 Å². The fraction of sp³-hybridized carbons (Fsp3) is 0.429. The van der Waals surface area contributed by atoms with Crippen LogP contribution in [0.4, 0.5) is 0 Å². The number of hydrogen-bond acceptors (Lipinski definition) is 2. The van der Waals surface area contributed by atoms with Crippen molar-refractivity contribution in [3.63, 3.8) is 0 Å². The van der Waals surface area contributed by atoms with Crippen LogP contribution in [0.1, 0.15) is 37.4 Å². The van der Waals surface area contributed by atoms with Crippen LogP contribution in [-0.2, 0) is 0 Å². The third-order valence-electron chi connectivity index (χ3n) is 2.98. The summed E-state index contributed by atoms with van der Waals surface area (Å²) in [6.45, 7) is 0. The molecule has 1 aliphatic rings. The third-order valence-corrected chi connectivity index (χ3v) is 2.98. The molecule has 1 aromatic carbocycles. The van der Waals surface area contributed by atoms with Gasteiger partial charge in [-0.25, -0.2) is 0 Å². The van der Waals surface area contributed by atoms with Crippen LogP contribution in [-0.4, -0.2) is 15.8 Å². The molecule has 1 atom stereocenters. The van der Waals surface area contributed by atoms with E-state index in [0.717, 1.165) is 24.8 Å². The molecule has 0 aromatic heterocycles. The Balaban J connectivity index is 1.91. The van der Waals surface area contributed by atoms with Gasteiger partial charge in [0, 0.05) is 6.42 Å². The van der Waals surface area contributed by atoms with Gasteiger partial charge in [-0.2, -0.15) is 0 Å². The molecule has 0 saturated heterocycles. The second-order valence-corrected chi connectivity index (χ2v) is 4.32. The molecule has 2 N–H and O–H groups in total. The topological polar surface area (TPSA) is 40.5 Å². The zero-order valence-electron chi connectivity index (χ0n) is 9.19. The van der Waals surface area contributed by atoms with E-state index in [4.69, 9.17) is 0 Å². The van der Waals surface area contributed by atoms with E-state index in [1.165, 1.54) is 0 Å². The number of benzene rings is 1. The first kappa shape index (κ1) is 11.2. The predicted molar refractivity (Wildman–Crippen MR) is 62.6 cm³/mol. The first-order valence-electron chi connectivity index (χ1n) is 5.65. The SMILES string of the molecule is OC(CC#CC1(O)CCC1)c1ccccc1. The Morgan fingerprint density at radius 1 is 1.25 bits per heavy atom. The van der Waals surface area contributed by atoms with Crippen LogP contribution < -0.4 is 0 Å². The molecule has 16 heavy (non-hydrogen) atoms. The van der Waals surface area contributed by atoms with E-state index in [1.54, 1.807) is 0 Å². The molecule has 0 heterocycles. The summed E-state index contributed by atoms with van der Waals surface area (Å²) in [6, 6.07) is 9.46. The molecular weight excluding hydrogens is 200 g/mol. The van der Waals surface area contributed by atoms with Gasteiger partial charge in [0.1, 0.15) is 5.60 Å². The molecule has 0 amide bonds. The lowest BCUT2D eigenvalue weighted by molar-refractivity contribution is 0.0238. The molecule has 1 unspecified atom stereocenters. The first-order chi connectivity index (χ1) is 7.70. The third kappa shape index (κ3) is 2.63. The highest BCUT2D eigenvalue weighted by Gasteiger charge is 2.31. The second kappa shape index (κ2) is 4.69. The maximum Gasteiger partial charge on any atom is 0.125 e. The van der Waals surface area contributed by atoms with Crippen molar-refractivity contribution in [2.24, 2.45) is 0 Å². The lowest BCUT2D eigenvalue weighted by Crippen LogP contribution is -2.34. The number of rotatable bonds is 2. The quantitative estimate of drug-likeness (QED) is 0.743. The van der Waals surface area contributed by atoms with E-state index in [2.05, 4.69) is 11.8 Å². The van der Waals surface area contributed by atoms with Gasteiger partial charge < -0.3 is 10.2 Å². The number of aliphatic hydroxyl groups excluding tert-OH is 1. The molecule has 1 aliphatic carbocycles. The summed E-state index contributed by atoms with van der Waals surface area (Å²) in [5.41, 5.74) is 0.105. The molecular formula is C14H16O2. The minimum atomic E-state index is -0.767. The Labute approximate surface area is 95.9 Å². The van der Waals surface area contributed by atoms with Gasteiger partial charge >= 0.3 is 0 Å². The summed E-state index contributed by atoms with van der Waals surface area (Å²) in [4.78, 5) is 0. The molecule has 0 bridgehead atoms. The van der Waals surface area contributed by atoms with Crippen molar-refractivity contribution in [2.75, 3.05) is 0 Å². The first-order valence-corrected chi connectivity index (χ1v) is 5.65. The zero-order valence-corrected chi connectivity index (χ0v) is 9.19. The van der Waals surface area contributed by atoms with Crippen molar-refractivity contribution >= 4 is 0 Å². The standard InChI is InChI=1S/C14H16O2/c15-13(12-6-2-1-3-7-12)8-4-9-14(16)10-5-11-14/h1-3,6-7,13,15-16H,5,8,10-11H2. The fourth-order valence-electron chi connectivity index (χ4n) is 1.74. The molecule has 1 aromatic rings. The van der Waals surface area contributed by atoms with Crippen LogP contribution in [0.2, 0.25) is 0 Å². The van der Waals surface area contributed by atoms with Crippen LogP contribution >= 0.6 is 0 Å². The molecule has 1 saturated carbocycles. The fourth-order valence-corrected chi connectivity index (χ4v) is 1.74. The molecule has 84 valence electrons. The van der Waals surface area contributed by atoms with Crippen LogP contribution in [0.5, 0.6) is 0 Å². The van der Waals surface area contributed by atoms with Crippen molar-refractivity contribution in [1.29, 1.82) is 0 Å². The van der Waals surface area contributed by atoms with Crippen molar-refractivity contribution in [3.8, 4) is 11.8 Å². The van der Waals surface area contributed by atoms with Crippen LogP contribution in [0, 0.1) is 11.8 Å².